The first-order chi connectivity index (χ1) is 10.0. The van der Waals surface area contributed by atoms with Crippen LogP contribution in [0.25, 0.3) is 0 Å². The van der Waals surface area contributed by atoms with Crippen molar-refractivity contribution >= 4 is 11.6 Å². The average Bonchev–Trinajstić information content (AvgIpc) is 2.47. The number of halogens is 1. The lowest BCUT2D eigenvalue weighted by Crippen LogP contribution is -2.20. The first kappa shape index (κ1) is 15.9. The van der Waals surface area contributed by atoms with Gasteiger partial charge in [-0.05, 0) is 62.2 Å². The molecule has 0 aromatic heterocycles. The van der Waals surface area contributed by atoms with E-state index in [1.165, 1.54) is 22.3 Å². The molecule has 1 atom stereocenters. The number of methoxy groups -OCH3 is 1. The van der Waals surface area contributed by atoms with Crippen molar-refractivity contribution in [2.45, 2.75) is 26.3 Å². The van der Waals surface area contributed by atoms with Crippen molar-refractivity contribution in [1.82, 2.24) is 5.32 Å². The average molecular weight is 304 g/mol. The number of likely N-dealkylation sites (N-methyl/N-ethyl adjacent to an activating group) is 1. The number of nitrogens with one attached hydrogen (secondary N) is 1. The van der Waals surface area contributed by atoms with Crippen LogP contribution in [0.2, 0.25) is 5.02 Å². The standard InChI is InChI=1S/C18H22ClNO/c1-12-5-8-18(21-4)14(9-12)10-17(20-3)16-11-15(19)7-6-13(16)2/h5-9,11,17,20H,10H2,1-4H3. The number of rotatable bonds is 5. The third-order valence-electron chi connectivity index (χ3n) is 3.83. The van der Waals surface area contributed by atoms with Gasteiger partial charge in [0.05, 0.1) is 7.11 Å². The number of hydrogen-bond donors (Lipinski definition) is 1. The second kappa shape index (κ2) is 6.97. The quantitative estimate of drug-likeness (QED) is 0.880. The Labute approximate surface area is 132 Å². The Morgan fingerprint density at radius 2 is 1.90 bits per heavy atom. The molecule has 2 rings (SSSR count). The molecule has 21 heavy (non-hydrogen) atoms. The normalized spacial score (nSPS) is 12.2. The molecular formula is C18H22ClNO. The molecule has 0 saturated carbocycles. The van der Waals surface area contributed by atoms with Crippen molar-refractivity contribution in [2.75, 3.05) is 14.2 Å². The van der Waals surface area contributed by atoms with Gasteiger partial charge in [-0.15, -0.1) is 0 Å². The maximum atomic E-state index is 6.15. The number of hydrogen-bond acceptors (Lipinski definition) is 2. The summed E-state index contributed by atoms with van der Waals surface area (Å²) in [5.74, 6) is 0.931. The third kappa shape index (κ3) is 3.78. The van der Waals surface area contributed by atoms with Crippen molar-refractivity contribution < 1.29 is 4.74 Å². The van der Waals surface area contributed by atoms with Gasteiger partial charge in [0.15, 0.2) is 0 Å². The van der Waals surface area contributed by atoms with Crippen LogP contribution in [0.15, 0.2) is 36.4 Å². The minimum atomic E-state index is 0.208. The molecule has 2 aromatic rings. The summed E-state index contributed by atoms with van der Waals surface area (Å²) in [6.45, 7) is 4.21. The summed E-state index contributed by atoms with van der Waals surface area (Å²) in [5, 5.41) is 4.16. The molecule has 0 amide bonds. The molecule has 0 aliphatic heterocycles. The van der Waals surface area contributed by atoms with E-state index in [4.69, 9.17) is 16.3 Å². The van der Waals surface area contributed by atoms with Gasteiger partial charge in [-0.3, -0.25) is 0 Å². The summed E-state index contributed by atoms with van der Waals surface area (Å²) in [5.41, 5.74) is 4.92. The number of benzene rings is 2. The Balaban J connectivity index is 2.35. The van der Waals surface area contributed by atoms with Gasteiger partial charge in [0, 0.05) is 11.1 Å². The highest BCUT2D eigenvalue weighted by molar-refractivity contribution is 6.30. The molecule has 112 valence electrons. The third-order valence-corrected chi connectivity index (χ3v) is 4.06. The van der Waals surface area contributed by atoms with Crippen LogP contribution in [0.1, 0.15) is 28.3 Å². The summed E-state index contributed by atoms with van der Waals surface area (Å²) >= 11 is 6.15. The van der Waals surface area contributed by atoms with Crippen LogP contribution in [-0.2, 0) is 6.42 Å². The van der Waals surface area contributed by atoms with Crippen LogP contribution in [0.3, 0.4) is 0 Å². The summed E-state index contributed by atoms with van der Waals surface area (Å²) in [6.07, 6.45) is 0.864. The van der Waals surface area contributed by atoms with Gasteiger partial charge >= 0.3 is 0 Å². The highest BCUT2D eigenvalue weighted by atomic mass is 35.5. The minimum Gasteiger partial charge on any atom is -0.496 e. The van der Waals surface area contributed by atoms with E-state index >= 15 is 0 Å². The van der Waals surface area contributed by atoms with E-state index in [0.717, 1.165) is 17.2 Å². The number of aryl methyl sites for hydroxylation is 2. The molecule has 0 saturated heterocycles. The summed E-state index contributed by atoms with van der Waals surface area (Å²) in [6, 6.07) is 12.5. The second-order valence-electron chi connectivity index (χ2n) is 5.36. The fourth-order valence-corrected chi connectivity index (χ4v) is 2.82. The lowest BCUT2D eigenvalue weighted by molar-refractivity contribution is 0.406. The van der Waals surface area contributed by atoms with E-state index in [-0.39, 0.29) is 6.04 Å². The Bertz CT molecular complexity index is 625. The predicted molar refractivity (Wildman–Crippen MR) is 89.4 cm³/mol. The summed E-state index contributed by atoms with van der Waals surface area (Å²) in [4.78, 5) is 0. The van der Waals surface area contributed by atoms with Gasteiger partial charge in [0.2, 0.25) is 0 Å². The molecular weight excluding hydrogens is 282 g/mol. The van der Waals surface area contributed by atoms with E-state index in [2.05, 4.69) is 37.4 Å². The topological polar surface area (TPSA) is 21.3 Å². The molecule has 2 aromatic carbocycles. The van der Waals surface area contributed by atoms with Crippen LogP contribution in [-0.4, -0.2) is 14.2 Å². The second-order valence-corrected chi connectivity index (χ2v) is 5.80. The Morgan fingerprint density at radius 3 is 2.57 bits per heavy atom. The highest BCUT2D eigenvalue weighted by Crippen LogP contribution is 2.28. The molecule has 0 fully saturated rings. The smallest absolute Gasteiger partial charge is 0.122 e. The monoisotopic (exact) mass is 303 g/mol. The van der Waals surface area contributed by atoms with Crippen molar-refractivity contribution in [2.24, 2.45) is 0 Å². The van der Waals surface area contributed by atoms with Gasteiger partial charge in [0.1, 0.15) is 5.75 Å². The Kier molecular flexibility index (Phi) is 5.27. The predicted octanol–water partition coefficient (Wildman–Crippen LogP) is 4.47. The van der Waals surface area contributed by atoms with Crippen LogP contribution < -0.4 is 10.1 Å². The van der Waals surface area contributed by atoms with Crippen molar-refractivity contribution in [3.63, 3.8) is 0 Å². The fourth-order valence-electron chi connectivity index (χ4n) is 2.64. The van der Waals surface area contributed by atoms with E-state index < -0.39 is 0 Å². The summed E-state index contributed by atoms with van der Waals surface area (Å²) < 4.78 is 5.48. The molecule has 0 heterocycles. The maximum absolute atomic E-state index is 6.15. The molecule has 0 aliphatic carbocycles. The van der Waals surface area contributed by atoms with Gasteiger partial charge < -0.3 is 10.1 Å². The van der Waals surface area contributed by atoms with Crippen LogP contribution in [0, 0.1) is 13.8 Å². The first-order valence-corrected chi connectivity index (χ1v) is 7.49. The number of ether oxygens (including phenoxy) is 1. The zero-order valence-corrected chi connectivity index (χ0v) is 13.8. The molecule has 3 heteroatoms. The van der Waals surface area contributed by atoms with Crippen molar-refractivity contribution in [3.05, 3.63) is 63.7 Å². The fraction of sp³-hybridized carbons (Fsp3) is 0.333. The lowest BCUT2D eigenvalue weighted by atomic mass is 9.94. The Morgan fingerprint density at radius 1 is 1.14 bits per heavy atom. The molecule has 2 nitrogen and oxygen atoms in total. The molecule has 1 N–H and O–H groups in total. The largest absolute Gasteiger partial charge is 0.496 e. The zero-order chi connectivity index (χ0) is 15.4. The van der Waals surface area contributed by atoms with Gasteiger partial charge in [-0.25, -0.2) is 0 Å². The Hall–Kier alpha value is -1.51. The van der Waals surface area contributed by atoms with Gasteiger partial charge in [-0.1, -0.05) is 35.4 Å². The lowest BCUT2D eigenvalue weighted by Gasteiger charge is -2.21. The maximum Gasteiger partial charge on any atom is 0.122 e. The van der Waals surface area contributed by atoms with Crippen LogP contribution in [0.5, 0.6) is 5.75 Å². The van der Waals surface area contributed by atoms with E-state index in [9.17, 15) is 0 Å². The van der Waals surface area contributed by atoms with Gasteiger partial charge in [0.25, 0.3) is 0 Å². The molecule has 0 spiro atoms. The first-order valence-electron chi connectivity index (χ1n) is 7.12. The van der Waals surface area contributed by atoms with Gasteiger partial charge in [-0.2, -0.15) is 0 Å². The molecule has 0 bridgehead atoms. The van der Waals surface area contributed by atoms with E-state index in [0.29, 0.717) is 0 Å². The van der Waals surface area contributed by atoms with Crippen molar-refractivity contribution in [1.29, 1.82) is 0 Å². The minimum absolute atomic E-state index is 0.208. The summed E-state index contributed by atoms with van der Waals surface area (Å²) in [7, 11) is 3.69. The van der Waals surface area contributed by atoms with Crippen LogP contribution in [0.4, 0.5) is 0 Å². The SMILES string of the molecule is CNC(Cc1cc(C)ccc1OC)c1cc(Cl)ccc1C. The molecule has 0 aliphatic rings. The molecule has 0 radical (unpaired) electrons. The van der Waals surface area contributed by atoms with Crippen molar-refractivity contribution in [3.8, 4) is 5.75 Å². The van der Waals surface area contributed by atoms with E-state index in [1.54, 1.807) is 7.11 Å². The highest BCUT2D eigenvalue weighted by Gasteiger charge is 2.15. The zero-order valence-electron chi connectivity index (χ0n) is 13.0. The van der Waals surface area contributed by atoms with Crippen LogP contribution >= 0.6 is 11.6 Å². The van der Waals surface area contributed by atoms with E-state index in [1.807, 2.05) is 25.2 Å². The molecule has 1 unspecified atom stereocenters.